The molecule has 2 N–H and O–H groups in total. The maximum absolute atomic E-state index is 13.4. The first-order valence-electron chi connectivity index (χ1n) is 5.76. The van der Waals surface area contributed by atoms with Crippen LogP contribution in [0.1, 0.15) is 31.1 Å². The minimum Gasteiger partial charge on any atom is -0.460 e. The Hall–Kier alpha value is -1.69. The highest BCUT2D eigenvalue weighted by Gasteiger charge is 2.17. The van der Waals surface area contributed by atoms with Gasteiger partial charge in [0.2, 0.25) is 0 Å². The maximum Gasteiger partial charge on any atom is 0.341 e. The van der Waals surface area contributed by atoms with Crippen LogP contribution in [0.25, 0.3) is 0 Å². The standard InChI is InChI=1S/C13H17F2NO3/c1-13(2,3)19-5-4-18-12(17)8-6-10(15)11(16)7-9(8)14/h6-7H,4-5,16H2,1-3H3. The summed E-state index contributed by atoms with van der Waals surface area (Å²) in [5.41, 5.74) is 3.98. The van der Waals surface area contributed by atoms with E-state index in [-0.39, 0.29) is 24.5 Å². The fourth-order valence-electron chi connectivity index (χ4n) is 1.28. The Morgan fingerprint density at radius 3 is 2.42 bits per heavy atom. The zero-order valence-corrected chi connectivity index (χ0v) is 11.1. The predicted octanol–water partition coefficient (Wildman–Crippen LogP) is 2.52. The van der Waals surface area contributed by atoms with E-state index in [0.717, 1.165) is 12.1 Å². The van der Waals surface area contributed by atoms with E-state index < -0.39 is 23.2 Å². The summed E-state index contributed by atoms with van der Waals surface area (Å²) >= 11 is 0. The summed E-state index contributed by atoms with van der Waals surface area (Å²) < 4.78 is 36.7. The Kier molecular flexibility index (Phi) is 4.83. The molecule has 0 aliphatic rings. The number of ether oxygens (including phenoxy) is 2. The van der Waals surface area contributed by atoms with Gasteiger partial charge in [0.25, 0.3) is 0 Å². The molecule has 0 aliphatic heterocycles. The van der Waals surface area contributed by atoms with E-state index in [1.807, 2.05) is 20.8 Å². The molecule has 0 radical (unpaired) electrons. The van der Waals surface area contributed by atoms with E-state index in [9.17, 15) is 13.6 Å². The van der Waals surface area contributed by atoms with Gasteiger partial charge in [-0.15, -0.1) is 0 Å². The smallest absolute Gasteiger partial charge is 0.341 e. The highest BCUT2D eigenvalue weighted by molar-refractivity contribution is 5.90. The summed E-state index contributed by atoms with van der Waals surface area (Å²) in [7, 11) is 0. The third-order valence-electron chi connectivity index (χ3n) is 2.16. The second-order valence-electron chi connectivity index (χ2n) is 4.95. The van der Waals surface area contributed by atoms with Crippen LogP contribution in [0.5, 0.6) is 0 Å². The average Bonchev–Trinajstić information content (AvgIpc) is 2.28. The minimum atomic E-state index is -0.950. The van der Waals surface area contributed by atoms with Crippen molar-refractivity contribution in [2.75, 3.05) is 18.9 Å². The van der Waals surface area contributed by atoms with Crippen LogP contribution >= 0.6 is 0 Å². The van der Waals surface area contributed by atoms with Crippen molar-refractivity contribution in [3.05, 3.63) is 29.3 Å². The van der Waals surface area contributed by atoms with E-state index >= 15 is 0 Å². The molecule has 0 saturated heterocycles. The Morgan fingerprint density at radius 2 is 1.84 bits per heavy atom. The molecule has 0 unspecified atom stereocenters. The Bertz CT molecular complexity index is 470. The lowest BCUT2D eigenvalue weighted by molar-refractivity contribution is -0.0282. The fraction of sp³-hybridized carbons (Fsp3) is 0.462. The van der Waals surface area contributed by atoms with Crippen molar-refractivity contribution < 1.29 is 23.0 Å². The lowest BCUT2D eigenvalue weighted by atomic mass is 10.2. The molecule has 1 aromatic carbocycles. The molecular formula is C13H17F2NO3. The normalized spacial score (nSPS) is 11.4. The van der Waals surface area contributed by atoms with Crippen molar-refractivity contribution in [3.63, 3.8) is 0 Å². The number of anilines is 1. The molecule has 0 aliphatic carbocycles. The SMILES string of the molecule is CC(C)(C)OCCOC(=O)c1cc(F)c(N)cc1F. The van der Waals surface area contributed by atoms with Crippen LogP contribution in [-0.2, 0) is 9.47 Å². The van der Waals surface area contributed by atoms with Gasteiger partial charge in [-0.3, -0.25) is 0 Å². The van der Waals surface area contributed by atoms with E-state index in [2.05, 4.69) is 0 Å². The molecule has 1 rings (SSSR count). The van der Waals surface area contributed by atoms with Gasteiger partial charge in [-0.05, 0) is 26.8 Å². The molecule has 106 valence electrons. The Balaban J connectivity index is 2.57. The topological polar surface area (TPSA) is 61.5 Å². The van der Waals surface area contributed by atoms with Crippen LogP contribution < -0.4 is 5.73 Å². The first-order chi connectivity index (χ1) is 8.70. The number of nitrogen functional groups attached to an aromatic ring is 1. The van der Waals surface area contributed by atoms with Crippen LogP contribution in [0.3, 0.4) is 0 Å². The highest BCUT2D eigenvalue weighted by Crippen LogP contribution is 2.17. The molecule has 6 heteroatoms. The van der Waals surface area contributed by atoms with Crippen molar-refractivity contribution in [3.8, 4) is 0 Å². The second kappa shape index (κ2) is 5.97. The Labute approximate surface area is 110 Å². The van der Waals surface area contributed by atoms with Crippen molar-refractivity contribution in [1.29, 1.82) is 0 Å². The van der Waals surface area contributed by atoms with Crippen molar-refractivity contribution >= 4 is 11.7 Å². The van der Waals surface area contributed by atoms with Gasteiger partial charge in [-0.1, -0.05) is 0 Å². The number of carbonyl (C=O) groups excluding carboxylic acids is 1. The molecule has 0 atom stereocenters. The number of benzene rings is 1. The number of hydrogen-bond acceptors (Lipinski definition) is 4. The maximum atomic E-state index is 13.4. The van der Waals surface area contributed by atoms with E-state index in [0.29, 0.717) is 0 Å². The third-order valence-corrected chi connectivity index (χ3v) is 2.16. The van der Waals surface area contributed by atoms with Crippen LogP contribution in [-0.4, -0.2) is 24.8 Å². The predicted molar refractivity (Wildman–Crippen MR) is 66.8 cm³/mol. The molecule has 4 nitrogen and oxygen atoms in total. The van der Waals surface area contributed by atoms with Crippen LogP contribution in [0.2, 0.25) is 0 Å². The third kappa shape index (κ3) is 4.82. The number of halogens is 2. The number of nitrogens with two attached hydrogens (primary N) is 1. The fourth-order valence-corrected chi connectivity index (χ4v) is 1.28. The number of hydrogen-bond donors (Lipinski definition) is 1. The summed E-state index contributed by atoms with van der Waals surface area (Å²) in [4.78, 5) is 11.5. The lowest BCUT2D eigenvalue weighted by Gasteiger charge is -2.19. The summed E-state index contributed by atoms with van der Waals surface area (Å²) in [6, 6.07) is 1.47. The monoisotopic (exact) mass is 273 g/mol. The van der Waals surface area contributed by atoms with E-state index in [4.69, 9.17) is 15.2 Å². The largest absolute Gasteiger partial charge is 0.460 e. The highest BCUT2D eigenvalue weighted by atomic mass is 19.1. The summed E-state index contributed by atoms with van der Waals surface area (Å²) in [6.45, 7) is 5.69. The first-order valence-corrected chi connectivity index (χ1v) is 5.76. The van der Waals surface area contributed by atoms with Gasteiger partial charge in [0, 0.05) is 6.07 Å². The molecule has 0 amide bonds. The summed E-state index contributed by atoms with van der Waals surface area (Å²) in [5, 5.41) is 0. The van der Waals surface area contributed by atoms with Crippen molar-refractivity contribution in [2.24, 2.45) is 0 Å². The van der Waals surface area contributed by atoms with Gasteiger partial charge in [0.05, 0.1) is 23.5 Å². The van der Waals surface area contributed by atoms with Gasteiger partial charge in [-0.2, -0.15) is 0 Å². The molecule has 1 aromatic rings. The zero-order valence-electron chi connectivity index (χ0n) is 11.1. The van der Waals surface area contributed by atoms with Gasteiger partial charge in [0.15, 0.2) is 0 Å². The van der Waals surface area contributed by atoms with Crippen molar-refractivity contribution in [2.45, 2.75) is 26.4 Å². The van der Waals surface area contributed by atoms with Gasteiger partial charge < -0.3 is 15.2 Å². The van der Waals surface area contributed by atoms with Gasteiger partial charge >= 0.3 is 5.97 Å². The number of rotatable bonds is 4. The summed E-state index contributed by atoms with van der Waals surface area (Å²) in [6.07, 6.45) is 0. The molecule has 19 heavy (non-hydrogen) atoms. The van der Waals surface area contributed by atoms with Crippen LogP contribution in [0.15, 0.2) is 12.1 Å². The summed E-state index contributed by atoms with van der Waals surface area (Å²) in [5.74, 6) is -2.73. The molecule has 0 fully saturated rings. The lowest BCUT2D eigenvalue weighted by Crippen LogP contribution is -2.23. The molecular weight excluding hydrogens is 256 g/mol. The molecule has 0 spiro atoms. The van der Waals surface area contributed by atoms with Crippen molar-refractivity contribution in [1.82, 2.24) is 0 Å². The van der Waals surface area contributed by atoms with E-state index in [1.54, 1.807) is 0 Å². The Morgan fingerprint density at radius 1 is 1.21 bits per heavy atom. The van der Waals surface area contributed by atoms with Gasteiger partial charge in [0.1, 0.15) is 18.2 Å². The van der Waals surface area contributed by atoms with Crippen LogP contribution in [0.4, 0.5) is 14.5 Å². The quantitative estimate of drug-likeness (QED) is 0.520. The zero-order chi connectivity index (χ0) is 14.6. The van der Waals surface area contributed by atoms with Gasteiger partial charge in [-0.25, -0.2) is 13.6 Å². The first kappa shape index (κ1) is 15.4. The molecule has 0 aromatic heterocycles. The molecule has 0 heterocycles. The second-order valence-corrected chi connectivity index (χ2v) is 4.95. The molecule has 0 bridgehead atoms. The number of carbonyl (C=O) groups is 1. The molecule has 0 saturated carbocycles. The number of esters is 1. The average molecular weight is 273 g/mol. The minimum absolute atomic E-state index is 0.0401. The van der Waals surface area contributed by atoms with Crippen LogP contribution in [0, 0.1) is 11.6 Å². The van der Waals surface area contributed by atoms with E-state index in [1.165, 1.54) is 0 Å².